The lowest BCUT2D eigenvalue weighted by molar-refractivity contribution is 0.0977. The van der Waals surface area contributed by atoms with E-state index >= 15 is 0 Å². The Morgan fingerprint density at radius 3 is 2.09 bits per heavy atom. The van der Waals surface area contributed by atoms with Gasteiger partial charge in [0.05, 0.1) is 0 Å². The van der Waals surface area contributed by atoms with Crippen LogP contribution < -0.4 is 10.6 Å². The van der Waals surface area contributed by atoms with Crippen molar-refractivity contribution in [3.05, 3.63) is 64.7 Å². The molecule has 0 aliphatic carbocycles. The summed E-state index contributed by atoms with van der Waals surface area (Å²) < 4.78 is 0. The molecular formula is C19H22N2OS. The largest absolute Gasteiger partial charge is 0.332 e. The van der Waals surface area contributed by atoms with E-state index in [0.717, 1.165) is 16.8 Å². The van der Waals surface area contributed by atoms with Crippen LogP contribution in [-0.4, -0.2) is 11.0 Å². The van der Waals surface area contributed by atoms with E-state index in [9.17, 15) is 4.79 Å². The van der Waals surface area contributed by atoms with Crippen molar-refractivity contribution in [3.8, 4) is 0 Å². The molecule has 120 valence electrons. The quantitative estimate of drug-likeness (QED) is 0.813. The summed E-state index contributed by atoms with van der Waals surface area (Å²) in [6.45, 7) is 8.24. The third-order valence-electron chi connectivity index (χ3n) is 3.55. The minimum Gasteiger partial charge on any atom is -0.332 e. The number of aryl methyl sites for hydroxylation is 2. The number of hydrogen-bond acceptors (Lipinski definition) is 2. The summed E-state index contributed by atoms with van der Waals surface area (Å²) in [4.78, 5) is 12.3. The number of carbonyl (C=O) groups excluding carboxylic acids is 1. The number of hydrogen-bond donors (Lipinski definition) is 2. The second-order valence-electron chi connectivity index (χ2n) is 6.06. The summed E-state index contributed by atoms with van der Waals surface area (Å²) in [6.07, 6.45) is 0. The van der Waals surface area contributed by atoms with Gasteiger partial charge >= 0.3 is 0 Å². The molecule has 2 N–H and O–H groups in total. The predicted molar refractivity (Wildman–Crippen MR) is 100 cm³/mol. The van der Waals surface area contributed by atoms with Crippen LogP contribution in [-0.2, 0) is 0 Å². The number of thiocarbonyl (C=S) groups is 1. The Kier molecular flexibility index (Phi) is 5.50. The highest BCUT2D eigenvalue weighted by Gasteiger charge is 2.09. The van der Waals surface area contributed by atoms with Gasteiger partial charge in [-0.2, -0.15) is 0 Å². The monoisotopic (exact) mass is 326 g/mol. The number of benzene rings is 2. The molecule has 0 spiro atoms. The van der Waals surface area contributed by atoms with Gasteiger partial charge in [-0.3, -0.25) is 10.1 Å². The van der Waals surface area contributed by atoms with Gasteiger partial charge in [0.2, 0.25) is 0 Å². The molecule has 0 atom stereocenters. The summed E-state index contributed by atoms with van der Waals surface area (Å²) in [6, 6.07) is 13.8. The second-order valence-corrected chi connectivity index (χ2v) is 6.47. The van der Waals surface area contributed by atoms with Crippen LogP contribution in [0.1, 0.15) is 46.8 Å². The molecule has 3 nitrogen and oxygen atoms in total. The second kappa shape index (κ2) is 7.38. The fraction of sp³-hybridized carbons (Fsp3) is 0.263. The molecule has 2 rings (SSSR count). The summed E-state index contributed by atoms with van der Waals surface area (Å²) in [5.74, 6) is 0.286. The Morgan fingerprint density at radius 2 is 1.57 bits per heavy atom. The third-order valence-corrected chi connectivity index (χ3v) is 3.75. The Morgan fingerprint density at radius 1 is 1.00 bits per heavy atom. The van der Waals surface area contributed by atoms with E-state index in [1.807, 2.05) is 44.2 Å². The van der Waals surface area contributed by atoms with Gasteiger partial charge in [-0.05, 0) is 61.8 Å². The van der Waals surface area contributed by atoms with E-state index in [4.69, 9.17) is 12.2 Å². The molecule has 2 aromatic rings. The zero-order valence-electron chi connectivity index (χ0n) is 13.9. The first-order valence-corrected chi connectivity index (χ1v) is 8.06. The van der Waals surface area contributed by atoms with Crippen molar-refractivity contribution in [1.82, 2.24) is 5.32 Å². The van der Waals surface area contributed by atoms with Crippen molar-refractivity contribution >= 4 is 28.9 Å². The fourth-order valence-corrected chi connectivity index (χ4v) is 2.61. The normalized spacial score (nSPS) is 10.5. The maximum absolute atomic E-state index is 12.3. The predicted octanol–water partition coefficient (Wildman–Crippen LogP) is 4.55. The average molecular weight is 326 g/mol. The van der Waals surface area contributed by atoms with Gasteiger partial charge in [0, 0.05) is 11.3 Å². The first kappa shape index (κ1) is 17.2. The van der Waals surface area contributed by atoms with E-state index in [2.05, 4.69) is 36.6 Å². The van der Waals surface area contributed by atoms with Crippen molar-refractivity contribution in [2.24, 2.45) is 0 Å². The Bertz CT molecular complexity index is 700. The molecule has 0 bridgehead atoms. The molecule has 4 heteroatoms. The van der Waals surface area contributed by atoms with E-state index in [1.165, 1.54) is 5.56 Å². The summed E-state index contributed by atoms with van der Waals surface area (Å²) in [5.41, 5.74) is 4.85. The van der Waals surface area contributed by atoms with Crippen molar-refractivity contribution in [3.63, 3.8) is 0 Å². The van der Waals surface area contributed by atoms with E-state index in [0.29, 0.717) is 16.6 Å². The standard InChI is InChI=1S/C19H22N2OS/c1-12(2)15-5-7-17(8-6-15)20-19(23)21-18(22)16-10-13(3)9-14(4)11-16/h5-12H,1-4H3,(H2,20,21,22,23). The van der Waals surface area contributed by atoms with Crippen molar-refractivity contribution in [2.45, 2.75) is 33.6 Å². The van der Waals surface area contributed by atoms with Gasteiger partial charge in [0.25, 0.3) is 5.91 Å². The Balaban J connectivity index is 2.00. The van der Waals surface area contributed by atoms with Crippen LogP contribution in [0.5, 0.6) is 0 Å². The third kappa shape index (κ3) is 4.89. The molecule has 0 unspecified atom stereocenters. The van der Waals surface area contributed by atoms with Gasteiger partial charge < -0.3 is 5.32 Å². The van der Waals surface area contributed by atoms with Crippen LogP contribution >= 0.6 is 12.2 Å². The van der Waals surface area contributed by atoms with Crippen LogP contribution in [0.15, 0.2) is 42.5 Å². The lowest BCUT2D eigenvalue weighted by Crippen LogP contribution is -2.34. The highest BCUT2D eigenvalue weighted by molar-refractivity contribution is 7.80. The Hall–Kier alpha value is -2.20. The van der Waals surface area contributed by atoms with Crippen LogP contribution in [0.2, 0.25) is 0 Å². The summed E-state index contributed by atoms with van der Waals surface area (Å²) >= 11 is 5.22. The lowest BCUT2D eigenvalue weighted by Gasteiger charge is -2.11. The molecule has 0 radical (unpaired) electrons. The molecule has 0 aliphatic rings. The number of carbonyl (C=O) groups is 1. The van der Waals surface area contributed by atoms with Gasteiger partial charge in [0.1, 0.15) is 0 Å². The highest BCUT2D eigenvalue weighted by Crippen LogP contribution is 2.17. The van der Waals surface area contributed by atoms with Crippen LogP contribution in [0, 0.1) is 13.8 Å². The summed E-state index contributed by atoms with van der Waals surface area (Å²) in [5, 5.41) is 6.05. The number of nitrogens with one attached hydrogen (secondary N) is 2. The summed E-state index contributed by atoms with van der Waals surface area (Å²) in [7, 11) is 0. The van der Waals surface area contributed by atoms with E-state index < -0.39 is 0 Å². The van der Waals surface area contributed by atoms with Gasteiger partial charge in [-0.15, -0.1) is 0 Å². The average Bonchev–Trinajstić information content (AvgIpc) is 2.46. The zero-order valence-corrected chi connectivity index (χ0v) is 14.8. The maximum Gasteiger partial charge on any atom is 0.257 e. The molecule has 0 fully saturated rings. The number of rotatable bonds is 3. The topological polar surface area (TPSA) is 41.1 Å². The molecule has 23 heavy (non-hydrogen) atoms. The van der Waals surface area contributed by atoms with E-state index in [1.54, 1.807) is 0 Å². The maximum atomic E-state index is 12.3. The molecule has 0 aliphatic heterocycles. The van der Waals surface area contributed by atoms with Gasteiger partial charge in [-0.1, -0.05) is 43.2 Å². The van der Waals surface area contributed by atoms with Crippen LogP contribution in [0.3, 0.4) is 0 Å². The first-order valence-electron chi connectivity index (χ1n) is 7.66. The molecular weight excluding hydrogens is 304 g/mol. The van der Waals surface area contributed by atoms with Crippen molar-refractivity contribution < 1.29 is 4.79 Å². The van der Waals surface area contributed by atoms with Crippen LogP contribution in [0.25, 0.3) is 0 Å². The smallest absolute Gasteiger partial charge is 0.257 e. The fourth-order valence-electron chi connectivity index (χ4n) is 2.39. The van der Waals surface area contributed by atoms with Crippen molar-refractivity contribution in [2.75, 3.05) is 5.32 Å². The van der Waals surface area contributed by atoms with E-state index in [-0.39, 0.29) is 5.91 Å². The highest BCUT2D eigenvalue weighted by atomic mass is 32.1. The minimum atomic E-state index is -0.201. The molecule has 0 saturated heterocycles. The number of amides is 1. The van der Waals surface area contributed by atoms with Gasteiger partial charge in [-0.25, -0.2) is 0 Å². The van der Waals surface area contributed by atoms with Gasteiger partial charge in [0.15, 0.2) is 5.11 Å². The molecule has 0 heterocycles. The molecule has 2 aromatic carbocycles. The van der Waals surface area contributed by atoms with Crippen LogP contribution in [0.4, 0.5) is 5.69 Å². The molecule has 0 saturated carbocycles. The Labute approximate surface area is 143 Å². The first-order chi connectivity index (χ1) is 10.8. The number of anilines is 1. The SMILES string of the molecule is Cc1cc(C)cc(C(=O)NC(=S)Nc2ccc(C(C)C)cc2)c1. The molecule has 0 aromatic heterocycles. The zero-order chi connectivity index (χ0) is 17.0. The minimum absolute atomic E-state index is 0.201. The van der Waals surface area contributed by atoms with Crippen molar-refractivity contribution in [1.29, 1.82) is 0 Å². The molecule has 1 amide bonds. The lowest BCUT2D eigenvalue weighted by atomic mass is 10.0.